The van der Waals surface area contributed by atoms with E-state index in [1.165, 1.54) is 26.0 Å². The van der Waals surface area contributed by atoms with Gasteiger partial charge in [-0.05, 0) is 37.3 Å². The Morgan fingerprint density at radius 2 is 1.64 bits per heavy atom. The predicted octanol–water partition coefficient (Wildman–Crippen LogP) is 3.54. The summed E-state index contributed by atoms with van der Waals surface area (Å²) >= 11 is 0. The Bertz CT molecular complexity index is 1110. The summed E-state index contributed by atoms with van der Waals surface area (Å²) in [5, 5.41) is 4.59. The Morgan fingerprint density at radius 1 is 0.909 bits per heavy atom. The zero-order valence-corrected chi connectivity index (χ0v) is 19.0. The number of methoxy groups -OCH3 is 3. The van der Waals surface area contributed by atoms with Crippen molar-refractivity contribution in [2.24, 2.45) is 0 Å². The molecular formula is C24H26N2O7. The number of nitrogens with zero attached hydrogens (tertiary/aromatic N) is 2. The van der Waals surface area contributed by atoms with Crippen molar-refractivity contribution in [2.45, 2.75) is 6.92 Å². The molecule has 3 aromatic rings. The van der Waals surface area contributed by atoms with Crippen LogP contribution in [0.3, 0.4) is 0 Å². The number of carbonyl (C=O) groups is 2. The lowest BCUT2D eigenvalue weighted by atomic mass is 10.0. The summed E-state index contributed by atoms with van der Waals surface area (Å²) in [7, 11) is 4.01. The van der Waals surface area contributed by atoms with Crippen LogP contribution in [0.5, 0.6) is 11.5 Å². The summed E-state index contributed by atoms with van der Waals surface area (Å²) in [4.78, 5) is 25.5. The van der Waals surface area contributed by atoms with Crippen molar-refractivity contribution >= 4 is 11.9 Å². The molecule has 0 atom stereocenters. The highest BCUT2D eigenvalue weighted by Crippen LogP contribution is 2.35. The third-order valence-corrected chi connectivity index (χ3v) is 4.78. The molecule has 9 heteroatoms. The first-order valence-electron chi connectivity index (χ1n) is 10.3. The number of para-hydroxylation sites is 1. The number of rotatable bonds is 10. The van der Waals surface area contributed by atoms with Gasteiger partial charge in [-0.1, -0.05) is 18.2 Å². The first-order chi connectivity index (χ1) is 16.0. The average Bonchev–Trinajstić information content (AvgIpc) is 3.26. The van der Waals surface area contributed by atoms with Gasteiger partial charge in [0.05, 0.1) is 33.6 Å². The summed E-state index contributed by atoms with van der Waals surface area (Å²) in [6.45, 7) is 3.20. The minimum atomic E-state index is -0.722. The first kappa shape index (κ1) is 23.8. The first-order valence-corrected chi connectivity index (χ1v) is 10.3. The zero-order valence-electron chi connectivity index (χ0n) is 19.0. The van der Waals surface area contributed by atoms with Crippen LogP contribution in [0.1, 0.15) is 27.8 Å². The number of carbonyl (C=O) groups excluding carboxylic acids is 2. The van der Waals surface area contributed by atoms with Crippen LogP contribution in [0.2, 0.25) is 0 Å². The molecule has 3 rings (SSSR count). The monoisotopic (exact) mass is 454 g/mol. The van der Waals surface area contributed by atoms with Gasteiger partial charge in [0.25, 0.3) is 0 Å². The van der Waals surface area contributed by atoms with Crippen molar-refractivity contribution in [3.8, 4) is 28.4 Å². The fourth-order valence-electron chi connectivity index (χ4n) is 3.25. The lowest BCUT2D eigenvalue weighted by Gasteiger charge is -2.12. The molecular weight excluding hydrogens is 428 g/mol. The van der Waals surface area contributed by atoms with E-state index in [0.29, 0.717) is 42.6 Å². The van der Waals surface area contributed by atoms with Gasteiger partial charge in [-0.25, -0.2) is 14.3 Å². The van der Waals surface area contributed by atoms with E-state index >= 15 is 0 Å². The van der Waals surface area contributed by atoms with Crippen LogP contribution in [-0.4, -0.2) is 62.9 Å². The minimum Gasteiger partial charge on any atom is -0.493 e. The molecule has 0 spiro atoms. The number of benzene rings is 2. The van der Waals surface area contributed by atoms with E-state index in [4.69, 9.17) is 23.7 Å². The Kier molecular flexibility index (Phi) is 8.04. The molecule has 174 valence electrons. The highest BCUT2D eigenvalue weighted by Gasteiger charge is 2.31. The van der Waals surface area contributed by atoms with E-state index in [9.17, 15) is 9.59 Å². The molecule has 0 aliphatic rings. The van der Waals surface area contributed by atoms with E-state index in [1.54, 1.807) is 42.5 Å². The summed E-state index contributed by atoms with van der Waals surface area (Å²) in [5.74, 6) is -0.494. The van der Waals surface area contributed by atoms with Gasteiger partial charge in [-0.3, -0.25) is 0 Å². The molecule has 0 saturated heterocycles. The number of ether oxygens (including phenoxy) is 5. The summed E-state index contributed by atoms with van der Waals surface area (Å²) in [5.41, 5.74) is 1.29. The van der Waals surface area contributed by atoms with E-state index in [0.717, 1.165) is 0 Å². The van der Waals surface area contributed by atoms with Crippen molar-refractivity contribution < 1.29 is 33.3 Å². The van der Waals surface area contributed by atoms with Crippen LogP contribution in [0.15, 0.2) is 48.5 Å². The third kappa shape index (κ3) is 5.15. The molecule has 33 heavy (non-hydrogen) atoms. The van der Waals surface area contributed by atoms with Gasteiger partial charge in [-0.2, -0.15) is 5.10 Å². The molecule has 0 fully saturated rings. The van der Waals surface area contributed by atoms with E-state index in [2.05, 4.69) is 5.10 Å². The van der Waals surface area contributed by atoms with Crippen molar-refractivity contribution in [1.82, 2.24) is 9.78 Å². The molecule has 2 aromatic carbocycles. The lowest BCUT2D eigenvalue weighted by molar-refractivity contribution is 0.0549. The lowest BCUT2D eigenvalue weighted by Crippen LogP contribution is -2.15. The molecule has 0 amide bonds. The fourth-order valence-corrected chi connectivity index (χ4v) is 3.25. The van der Waals surface area contributed by atoms with Crippen molar-refractivity contribution in [3.63, 3.8) is 0 Å². The van der Waals surface area contributed by atoms with Crippen molar-refractivity contribution in [1.29, 1.82) is 0 Å². The molecule has 9 nitrogen and oxygen atoms in total. The molecule has 1 aromatic heterocycles. The molecule has 0 N–H and O–H groups in total. The number of aromatic nitrogens is 2. The molecule has 1 heterocycles. The van der Waals surface area contributed by atoms with Gasteiger partial charge in [0, 0.05) is 12.2 Å². The summed E-state index contributed by atoms with van der Waals surface area (Å²) < 4.78 is 27.8. The predicted molar refractivity (Wildman–Crippen MR) is 120 cm³/mol. The Labute approximate surface area is 191 Å². The number of hydrogen-bond donors (Lipinski definition) is 0. The minimum absolute atomic E-state index is 0.0152. The maximum atomic E-state index is 12.8. The van der Waals surface area contributed by atoms with Gasteiger partial charge < -0.3 is 23.7 Å². The maximum absolute atomic E-state index is 12.8. The highest BCUT2D eigenvalue weighted by molar-refractivity contribution is 6.06. The van der Waals surface area contributed by atoms with Crippen molar-refractivity contribution in [3.05, 3.63) is 59.8 Å². The van der Waals surface area contributed by atoms with Crippen LogP contribution in [0.4, 0.5) is 0 Å². The quantitative estimate of drug-likeness (QED) is 0.339. The maximum Gasteiger partial charge on any atom is 0.357 e. The van der Waals surface area contributed by atoms with Gasteiger partial charge in [-0.15, -0.1) is 0 Å². The van der Waals surface area contributed by atoms with Gasteiger partial charge in [0.1, 0.15) is 17.9 Å². The van der Waals surface area contributed by atoms with E-state index in [1.807, 2.05) is 13.0 Å². The summed E-state index contributed by atoms with van der Waals surface area (Å²) in [6.07, 6.45) is 0. The smallest absolute Gasteiger partial charge is 0.357 e. The molecule has 0 bridgehead atoms. The molecule has 0 saturated carbocycles. The van der Waals surface area contributed by atoms with E-state index < -0.39 is 11.9 Å². The Balaban J connectivity index is 2.19. The SMILES string of the molecule is CCOCCOc1cc(-c2nn(-c3ccccc3)c(C(=O)OC)c2C(=O)OC)ccc1OC. The Hall–Kier alpha value is -3.85. The van der Waals surface area contributed by atoms with Crippen LogP contribution < -0.4 is 9.47 Å². The standard InChI is InChI=1S/C24H26N2O7/c1-5-32-13-14-33-19-15-16(11-12-18(19)29-2)21-20(23(27)30-3)22(24(28)31-4)26(25-21)17-9-7-6-8-10-17/h6-12,15H,5,13-14H2,1-4H3. The molecule has 0 unspecified atom stereocenters. The summed E-state index contributed by atoms with van der Waals surface area (Å²) in [6, 6.07) is 14.1. The second-order valence-electron chi connectivity index (χ2n) is 6.71. The third-order valence-electron chi connectivity index (χ3n) is 4.78. The van der Waals surface area contributed by atoms with E-state index in [-0.39, 0.29) is 17.0 Å². The highest BCUT2D eigenvalue weighted by atomic mass is 16.5. The van der Waals surface area contributed by atoms with Gasteiger partial charge in [0.2, 0.25) is 0 Å². The van der Waals surface area contributed by atoms with Crippen LogP contribution in [0, 0.1) is 0 Å². The molecule has 0 aliphatic heterocycles. The molecule has 0 radical (unpaired) electrons. The van der Waals surface area contributed by atoms with Crippen LogP contribution in [-0.2, 0) is 14.2 Å². The average molecular weight is 454 g/mol. The number of esters is 2. The van der Waals surface area contributed by atoms with Gasteiger partial charge >= 0.3 is 11.9 Å². The van der Waals surface area contributed by atoms with Crippen LogP contribution in [0.25, 0.3) is 16.9 Å². The largest absolute Gasteiger partial charge is 0.493 e. The van der Waals surface area contributed by atoms with Crippen LogP contribution >= 0.6 is 0 Å². The normalized spacial score (nSPS) is 10.5. The fraction of sp³-hybridized carbons (Fsp3) is 0.292. The topological polar surface area (TPSA) is 98.1 Å². The zero-order chi connectivity index (χ0) is 23.8. The molecule has 0 aliphatic carbocycles. The van der Waals surface area contributed by atoms with Gasteiger partial charge in [0.15, 0.2) is 17.2 Å². The van der Waals surface area contributed by atoms with Crippen molar-refractivity contribution in [2.75, 3.05) is 41.2 Å². The second kappa shape index (κ2) is 11.1. The number of hydrogen-bond acceptors (Lipinski definition) is 8. The Morgan fingerprint density at radius 3 is 2.27 bits per heavy atom. The second-order valence-corrected chi connectivity index (χ2v) is 6.71.